The lowest BCUT2D eigenvalue weighted by Gasteiger charge is -2.23. The minimum atomic E-state index is -3.62. The van der Waals surface area contributed by atoms with Crippen molar-refractivity contribution in [1.29, 1.82) is 0 Å². The molecular formula is C5H11N3O3S. The number of amides is 2. The monoisotopic (exact) mass is 193 g/mol. The van der Waals surface area contributed by atoms with E-state index in [1.165, 1.54) is 7.05 Å². The summed E-state index contributed by atoms with van der Waals surface area (Å²) in [6.07, 6.45) is 0. The average molecular weight is 193 g/mol. The molecule has 1 rings (SSSR count). The number of urea groups is 1. The van der Waals surface area contributed by atoms with Gasteiger partial charge in [0.05, 0.1) is 0 Å². The number of rotatable bonds is 1. The van der Waals surface area contributed by atoms with Gasteiger partial charge in [-0.2, -0.15) is 8.42 Å². The molecule has 0 radical (unpaired) electrons. The topological polar surface area (TPSA) is 69.7 Å². The van der Waals surface area contributed by atoms with Gasteiger partial charge in [-0.1, -0.05) is 4.41 Å². The summed E-state index contributed by atoms with van der Waals surface area (Å²) in [4.78, 5) is 10.9. The van der Waals surface area contributed by atoms with Crippen LogP contribution >= 0.6 is 0 Å². The SMILES string of the molecule is CC(C)N1N(C)C(=O)NS1(=O)=O. The Balaban J connectivity index is 3.06. The largest absolute Gasteiger partial charge is 0.347 e. The molecule has 0 atom stereocenters. The fourth-order valence-corrected chi connectivity index (χ4v) is 2.50. The van der Waals surface area contributed by atoms with Crippen LogP contribution in [0.2, 0.25) is 0 Å². The normalized spacial score (nSPS) is 23.3. The van der Waals surface area contributed by atoms with Crippen LogP contribution in [0.5, 0.6) is 0 Å². The van der Waals surface area contributed by atoms with Crippen molar-refractivity contribution in [2.75, 3.05) is 7.05 Å². The highest BCUT2D eigenvalue weighted by molar-refractivity contribution is 7.88. The maximum atomic E-state index is 11.2. The van der Waals surface area contributed by atoms with Crippen molar-refractivity contribution in [3.05, 3.63) is 0 Å². The molecule has 0 unspecified atom stereocenters. The molecule has 0 aliphatic carbocycles. The van der Waals surface area contributed by atoms with Crippen LogP contribution in [-0.4, -0.2) is 37.0 Å². The highest BCUT2D eigenvalue weighted by Crippen LogP contribution is 2.14. The maximum absolute atomic E-state index is 11.2. The Morgan fingerprint density at radius 1 is 1.42 bits per heavy atom. The maximum Gasteiger partial charge on any atom is 0.347 e. The zero-order valence-corrected chi connectivity index (χ0v) is 7.92. The number of hydrazine groups is 1. The summed E-state index contributed by atoms with van der Waals surface area (Å²) < 4.78 is 25.2. The molecule has 1 N–H and O–H groups in total. The Morgan fingerprint density at radius 3 is 2.08 bits per heavy atom. The molecule has 0 saturated carbocycles. The summed E-state index contributed by atoms with van der Waals surface area (Å²) in [6.45, 7) is 3.38. The fourth-order valence-electron chi connectivity index (χ4n) is 1.10. The smallest absolute Gasteiger partial charge is 0.246 e. The zero-order chi connectivity index (χ0) is 9.52. The van der Waals surface area contributed by atoms with Crippen LogP contribution in [0.25, 0.3) is 0 Å². The lowest BCUT2D eigenvalue weighted by atomic mass is 10.4. The molecule has 1 fully saturated rings. The summed E-state index contributed by atoms with van der Waals surface area (Å²) in [5.41, 5.74) is 0. The predicted octanol–water partition coefficient (Wildman–Crippen LogP) is -0.488. The van der Waals surface area contributed by atoms with Crippen LogP contribution < -0.4 is 4.72 Å². The molecule has 0 spiro atoms. The van der Waals surface area contributed by atoms with E-state index in [0.29, 0.717) is 0 Å². The van der Waals surface area contributed by atoms with Crippen molar-refractivity contribution in [2.24, 2.45) is 0 Å². The number of hydrogen-bond acceptors (Lipinski definition) is 3. The van der Waals surface area contributed by atoms with E-state index in [9.17, 15) is 13.2 Å². The van der Waals surface area contributed by atoms with Crippen LogP contribution in [0.3, 0.4) is 0 Å². The molecule has 0 aromatic rings. The second-order valence-corrected chi connectivity index (χ2v) is 4.33. The minimum Gasteiger partial charge on any atom is -0.246 e. The van der Waals surface area contributed by atoms with E-state index in [1.54, 1.807) is 13.8 Å². The summed E-state index contributed by atoms with van der Waals surface area (Å²) in [6, 6.07) is -0.886. The fraction of sp³-hybridized carbons (Fsp3) is 0.800. The van der Waals surface area contributed by atoms with Crippen LogP contribution in [-0.2, 0) is 10.2 Å². The quantitative estimate of drug-likeness (QED) is 0.611. The first-order valence-corrected chi connectivity index (χ1v) is 4.90. The summed E-state index contributed by atoms with van der Waals surface area (Å²) >= 11 is 0. The van der Waals surface area contributed by atoms with E-state index in [1.807, 2.05) is 4.72 Å². The number of hydrogen-bond donors (Lipinski definition) is 1. The van der Waals surface area contributed by atoms with E-state index in [0.717, 1.165) is 9.42 Å². The first-order valence-electron chi connectivity index (χ1n) is 3.46. The molecule has 1 saturated heterocycles. The summed E-state index contributed by atoms with van der Waals surface area (Å²) in [7, 11) is -2.22. The molecule has 70 valence electrons. The average Bonchev–Trinajstić information content (AvgIpc) is 2.01. The van der Waals surface area contributed by atoms with Crippen molar-refractivity contribution in [1.82, 2.24) is 14.1 Å². The zero-order valence-electron chi connectivity index (χ0n) is 7.10. The van der Waals surface area contributed by atoms with Gasteiger partial charge in [0.1, 0.15) is 0 Å². The highest BCUT2D eigenvalue weighted by atomic mass is 32.2. The van der Waals surface area contributed by atoms with Crippen molar-refractivity contribution in [3.8, 4) is 0 Å². The number of nitrogens with one attached hydrogen (secondary N) is 1. The summed E-state index contributed by atoms with van der Waals surface area (Å²) in [5.74, 6) is 0. The van der Waals surface area contributed by atoms with Gasteiger partial charge in [0.15, 0.2) is 0 Å². The van der Waals surface area contributed by atoms with Gasteiger partial charge in [-0.25, -0.2) is 14.5 Å². The third-order valence-corrected chi connectivity index (χ3v) is 3.09. The van der Waals surface area contributed by atoms with Crippen molar-refractivity contribution < 1.29 is 13.2 Å². The molecule has 1 heterocycles. The Hall–Kier alpha value is -0.820. The van der Waals surface area contributed by atoms with Gasteiger partial charge >= 0.3 is 16.2 Å². The molecule has 2 amide bonds. The predicted molar refractivity (Wildman–Crippen MR) is 42.2 cm³/mol. The molecule has 6 nitrogen and oxygen atoms in total. The van der Waals surface area contributed by atoms with Gasteiger partial charge in [0, 0.05) is 13.1 Å². The number of nitrogens with zero attached hydrogens (tertiary/aromatic N) is 2. The summed E-state index contributed by atoms with van der Waals surface area (Å²) in [5, 5.41) is 1.04. The molecule has 0 aromatic carbocycles. The Morgan fingerprint density at radius 2 is 1.92 bits per heavy atom. The van der Waals surface area contributed by atoms with E-state index in [4.69, 9.17) is 0 Å². The van der Waals surface area contributed by atoms with Gasteiger partial charge < -0.3 is 0 Å². The second-order valence-electron chi connectivity index (χ2n) is 2.80. The molecule has 12 heavy (non-hydrogen) atoms. The van der Waals surface area contributed by atoms with Gasteiger partial charge in [-0.15, -0.1) is 0 Å². The standard InChI is InChI=1S/C5H11N3O3S/c1-4(2)8-7(3)5(9)6-12(8,10)11/h4H,1-3H3,(H,6,9). The minimum absolute atomic E-state index is 0.265. The van der Waals surface area contributed by atoms with Gasteiger partial charge in [-0.3, -0.25) is 0 Å². The highest BCUT2D eigenvalue weighted by Gasteiger charge is 2.40. The third-order valence-electron chi connectivity index (χ3n) is 1.49. The van der Waals surface area contributed by atoms with Crippen LogP contribution in [0.15, 0.2) is 0 Å². The van der Waals surface area contributed by atoms with Gasteiger partial charge in [-0.05, 0) is 13.8 Å². The molecule has 7 heteroatoms. The molecule has 0 bridgehead atoms. The van der Waals surface area contributed by atoms with Gasteiger partial charge in [0.25, 0.3) is 0 Å². The second kappa shape index (κ2) is 2.60. The Bertz CT molecular complexity index is 297. The number of carbonyl (C=O) groups excluding carboxylic acids is 1. The van der Waals surface area contributed by atoms with E-state index in [2.05, 4.69) is 0 Å². The number of carbonyl (C=O) groups is 1. The van der Waals surface area contributed by atoms with Crippen molar-refractivity contribution in [2.45, 2.75) is 19.9 Å². The van der Waals surface area contributed by atoms with E-state index in [-0.39, 0.29) is 6.04 Å². The lowest BCUT2D eigenvalue weighted by Crippen LogP contribution is -2.42. The molecular weight excluding hydrogens is 182 g/mol. The lowest BCUT2D eigenvalue weighted by molar-refractivity contribution is 0.113. The molecule has 1 aliphatic heterocycles. The first-order chi connectivity index (χ1) is 5.36. The molecule has 0 aromatic heterocycles. The van der Waals surface area contributed by atoms with Crippen LogP contribution in [0, 0.1) is 0 Å². The Labute approximate surface area is 71.3 Å². The third kappa shape index (κ3) is 1.25. The van der Waals surface area contributed by atoms with Crippen molar-refractivity contribution in [3.63, 3.8) is 0 Å². The van der Waals surface area contributed by atoms with E-state index < -0.39 is 16.2 Å². The van der Waals surface area contributed by atoms with E-state index >= 15 is 0 Å². The van der Waals surface area contributed by atoms with Crippen LogP contribution in [0.4, 0.5) is 4.79 Å². The Kier molecular flexibility index (Phi) is 2.01. The van der Waals surface area contributed by atoms with Gasteiger partial charge in [0.2, 0.25) is 0 Å². The first kappa shape index (κ1) is 9.27. The molecule has 1 aliphatic rings. The van der Waals surface area contributed by atoms with Crippen molar-refractivity contribution >= 4 is 16.2 Å². The van der Waals surface area contributed by atoms with Crippen LogP contribution in [0.1, 0.15) is 13.8 Å².